The van der Waals surface area contributed by atoms with Crippen LogP contribution in [0.2, 0.25) is 0 Å². The van der Waals surface area contributed by atoms with Crippen molar-refractivity contribution >= 4 is 11.3 Å². The first-order chi connectivity index (χ1) is 10.7. The van der Waals surface area contributed by atoms with Crippen LogP contribution in [0.3, 0.4) is 0 Å². The minimum atomic E-state index is -0.291. The van der Waals surface area contributed by atoms with Crippen LogP contribution in [-0.2, 0) is 13.0 Å². The molecule has 0 radical (unpaired) electrons. The molecule has 4 nitrogen and oxygen atoms in total. The highest BCUT2D eigenvalue weighted by molar-refractivity contribution is 7.10. The summed E-state index contributed by atoms with van der Waals surface area (Å²) < 4.78 is 0. The molecule has 0 spiro atoms. The molecule has 2 aromatic rings. The number of imidazole rings is 1. The molecule has 3 heterocycles. The van der Waals surface area contributed by atoms with Crippen molar-refractivity contribution in [2.45, 2.75) is 45.8 Å². The Labute approximate surface area is 136 Å². The van der Waals surface area contributed by atoms with Crippen LogP contribution in [0, 0.1) is 12.8 Å². The molecule has 0 aromatic carbocycles. The third-order valence-corrected chi connectivity index (χ3v) is 5.60. The van der Waals surface area contributed by atoms with Gasteiger partial charge in [-0.3, -0.25) is 4.90 Å². The number of H-pyrrole nitrogens is 1. The van der Waals surface area contributed by atoms with Gasteiger partial charge in [0, 0.05) is 23.5 Å². The monoisotopic (exact) mass is 319 g/mol. The molecule has 3 rings (SSSR count). The van der Waals surface area contributed by atoms with Crippen molar-refractivity contribution in [1.82, 2.24) is 14.9 Å². The van der Waals surface area contributed by atoms with E-state index in [4.69, 9.17) is 0 Å². The first-order valence-corrected chi connectivity index (χ1v) is 9.03. The van der Waals surface area contributed by atoms with Crippen molar-refractivity contribution in [3.8, 4) is 0 Å². The lowest BCUT2D eigenvalue weighted by Gasteiger charge is -2.33. The van der Waals surface area contributed by atoms with E-state index in [-0.39, 0.29) is 6.10 Å². The fraction of sp³-hybridized carbons (Fsp3) is 0.588. The number of aromatic nitrogens is 2. The van der Waals surface area contributed by atoms with Crippen LogP contribution >= 0.6 is 11.3 Å². The first-order valence-electron chi connectivity index (χ1n) is 8.15. The van der Waals surface area contributed by atoms with E-state index < -0.39 is 0 Å². The Bertz CT molecular complexity index is 585. The fourth-order valence-electron chi connectivity index (χ4n) is 3.22. The van der Waals surface area contributed by atoms with E-state index in [1.807, 2.05) is 17.5 Å². The Morgan fingerprint density at radius 3 is 2.82 bits per heavy atom. The second kappa shape index (κ2) is 6.94. The molecule has 5 heteroatoms. The highest BCUT2D eigenvalue weighted by Gasteiger charge is 2.27. The van der Waals surface area contributed by atoms with Gasteiger partial charge in [-0.15, -0.1) is 11.3 Å². The van der Waals surface area contributed by atoms with Crippen molar-refractivity contribution in [3.63, 3.8) is 0 Å². The summed E-state index contributed by atoms with van der Waals surface area (Å²) in [7, 11) is 0. The van der Waals surface area contributed by atoms with Crippen LogP contribution in [0.4, 0.5) is 0 Å². The number of likely N-dealkylation sites (tertiary alicyclic amines) is 1. The van der Waals surface area contributed by atoms with E-state index in [0.29, 0.717) is 5.92 Å². The number of aliphatic hydroxyl groups is 1. The van der Waals surface area contributed by atoms with Gasteiger partial charge < -0.3 is 10.1 Å². The van der Waals surface area contributed by atoms with Crippen LogP contribution in [0.1, 0.15) is 48.0 Å². The number of piperidine rings is 1. The summed E-state index contributed by atoms with van der Waals surface area (Å²) in [4.78, 5) is 11.6. The zero-order chi connectivity index (χ0) is 15.5. The molecule has 1 aliphatic heterocycles. The van der Waals surface area contributed by atoms with E-state index in [1.54, 1.807) is 11.3 Å². The summed E-state index contributed by atoms with van der Waals surface area (Å²) in [5.41, 5.74) is 2.37. The summed E-state index contributed by atoms with van der Waals surface area (Å²) in [5, 5.41) is 12.5. The number of nitrogens with zero attached hydrogens (tertiary/aromatic N) is 2. The van der Waals surface area contributed by atoms with Crippen molar-refractivity contribution in [3.05, 3.63) is 39.6 Å². The minimum Gasteiger partial charge on any atom is -0.387 e. The van der Waals surface area contributed by atoms with Gasteiger partial charge in [0.05, 0.1) is 11.8 Å². The first kappa shape index (κ1) is 15.7. The highest BCUT2D eigenvalue weighted by Crippen LogP contribution is 2.33. The third kappa shape index (κ3) is 3.42. The van der Waals surface area contributed by atoms with Crippen molar-refractivity contribution < 1.29 is 5.11 Å². The number of thiophene rings is 1. The van der Waals surface area contributed by atoms with Gasteiger partial charge in [0.2, 0.25) is 0 Å². The summed E-state index contributed by atoms with van der Waals surface area (Å²) in [6, 6.07) is 4.06. The number of hydrogen-bond donors (Lipinski definition) is 2. The van der Waals surface area contributed by atoms with Gasteiger partial charge in [-0.25, -0.2) is 4.98 Å². The molecule has 0 unspecified atom stereocenters. The molecule has 0 amide bonds. The molecule has 1 aliphatic rings. The fourth-order valence-corrected chi connectivity index (χ4v) is 4.02. The Morgan fingerprint density at radius 1 is 1.45 bits per heavy atom. The maximum absolute atomic E-state index is 10.5. The Kier molecular flexibility index (Phi) is 4.96. The third-order valence-electron chi connectivity index (χ3n) is 4.66. The van der Waals surface area contributed by atoms with E-state index in [0.717, 1.165) is 49.6 Å². The number of hydrogen-bond acceptors (Lipinski definition) is 4. The summed E-state index contributed by atoms with van der Waals surface area (Å²) in [5.74, 6) is 1.47. The molecule has 2 N–H and O–H groups in total. The van der Waals surface area contributed by atoms with Gasteiger partial charge in [-0.2, -0.15) is 0 Å². The van der Waals surface area contributed by atoms with Gasteiger partial charge in [0.25, 0.3) is 0 Å². The van der Waals surface area contributed by atoms with Crippen LogP contribution < -0.4 is 0 Å². The topological polar surface area (TPSA) is 52.1 Å². The minimum absolute atomic E-state index is 0.291. The molecule has 22 heavy (non-hydrogen) atoms. The Balaban J connectivity index is 1.54. The predicted molar refractivity (Wildman–Crippen MR) is 90.0 cm³/mol. The SMILES string of the molecule is CCc1nc(CN2CCC([C@@H](O)c3cccs3)CC2)c(C)[nH]1. The maximum atomic E-state index is 10.5. The van der Waals surface area contributed by atoms with Gasteiger partial charge in [-0.05, 0) is 50.2 Å². The quantitative estimate of drug-likeness (QED) is 0.889. The highest BCUT2D eigenvalue weighted by atomic mass is 32.1. The predicted octanol–water partition coefficient (Wildman–Crippen LogP) is 3.29. The summed E-state index contributed by atoms with van der Waals surface area (Å²) >= 11 is 1.66. The van der Waals surface area contributed by atoms with E-state index >= 15 is 0 Å². The van der Waals surface area contributed by atoms with E-state index in [2.05, 4.69) is 28.7 Å². The standard InChI is InChI=1S/C17H25N3OS/c1-3-16-18-12(2)14(19-16)11-20-8-6-13(7-9-20)17(21)15-5-4-10-22-15/h4-5,10,13,17,21H,3,6-9,11H2,1-2H3,(H,18,19)/t17-/m1/s1. The molecule has 120 valence electrons. The molecule has 0 saturated carbocycles. The van der Waals surface area contributed by atoms with Gasteiger partial charge in [0.1, 0.15) is 5.82 Å². The molecule has 1 saturated heterocycles. The Hall–Kier alpha value is -1.17. The van der Waals surface area contributed by atoms with Crippen LogP contribution in [0.25, 0.3) is 0 Å². The van der Waals surface area contributed by atoms with Gasteiger partial charge in [0.15, 0.2) is 0 Å². The van der Waals surface area contributed by atoms with Crippen LogP contribution in [0.5, 0.6) is 0 Å². The van der Waals surface area contributed by atoms with E-state index in [1.165, 1.54) is 11.4 Å². The smallest absolute Gasteiger partial charge is 0.106 e. The lowest BCUT2D eigenvalue weighted by atomic mass is 9.90. The molecule has 1 fully saturated rings. The average molecular weight is 319 g/mol. The molecule has 0 bridgehead atoms. The number of aromatic amines is 1. The van der Waals surface area contributed by atoms with Gasteiger partial charge in [-0.1, -0.05) is 13.0 Å². The molecular formula is C17H25N3OS. The largest absolute Gasteiger partial charge is 0.387 e. The maximum Gasteiger partial charge on any atom is 0.106 e. The zero-order valence-corrected chi connectivity index (χ0v) is 14.2. The number of aryl methyl sites for hydroxylation is 2. The van der Waals surface area contributed by atoms with E-state index in [9.17, 15) is 5.11 Å². The van der Waals surface area contributed by atoms with Crippen LogP contribution in [0.15, 0.2) is 17.5 Å². The van der Waals surface area contributed by atoms with Crippen LogP contribution in [-0.4, -0.2) is 33.1 Å². The van der Waals surface area contributed by atoms with Crippen molar-refractivity contribution in [2.75, 3.05) is 13.1 Å². The molecule has 2 aromatic heterocycles. The number of aliphatic hydroxyl groups excluding tert-OH is 1. The lowest BCUT2D eigenvalue weighted by molar-refractivity contribution is 0.0587. The lowest BCUT2D eigenvalue weighted by Crippen LogP contribution is -2.35. The normalized spacial score (nSPS) is 18.7. The zero-order valence-electron chi connectivity index (χ0n) is 13.4. The van der Waals surface area contributed by atoms with Crippen molar-refractivity contribution in [2.24, 2.45) is 5.92 Å². The Morgan fingerprint density at radius 2 is 2.23 bits per heavy atom. The van der Waals surface area contributed by atoms with Crippen molar-refractivity contribution in [1.29, 1.82) is 0 Å². The van der Waals surface area contributed by atoms with Gasteiger partial charge >= 0.3 is 0 Å². The summed E-state index contributed by atoms with van der Waals surface area (Å²) in [6.45, 7) is 7.24. The number of nitrogens with one attached hydrogen (secondary N) is 1. The molecular weight excluding hydrogens is 294 g/mol. The second-order valence-corrected chi connectivity index (χ2v) is 7.16. The average Bonchev–Trinajstić information content (AvgIpc) is 3.18. The second-order valence-electron chi connectivity index (χ2n) is 6.18. The number of rotatable bonds is 5. The molecule has 0 aliphatic carbocycles. The molecule has 1 atom stereocenters. The summed E-state index contributed by atoms with van der Waals surface area (Å²) in [6.07, 6.45) is 2.78.